The van der Waals surface area contributed by atoms with Gasteiger partial charge in [-0.3, -0.25) is 0 Å². The van der Waals surface area contributed by atoms with Gasteiger partial charge in [-0.1, -0.05) is 49.4 Å². The number of allylic oxidation sites excluding steroid dienone is 1. The van der Waals surface area contributed by atoms with Gasteiger partial charge in [0.25, 0.3) is 0 Å². The van der Waals surface area contributed by atoms with Crippen molar-refractivity contribution in [3.8, 4) is 0 Å². The molecule has 0 amide bonds. The largest absolute Gasteiger partial charge is 0.388 e. The predicted octanol–water partition coefficient (Wildman–Crippen LogP) is 2.66. The van der Waals surface area contributed by atoms with Crippen LogP contribution in [0.5, 0.6) is 0 Å². The minimum absolute atomic E-state index is 0.101. The summed E-state index contributed by atoms with van der Waals surface area (Å²) in [7, 11) is 0. The smallest absolute Gasteiger partial charge is 0.0814 e. The maximum Gasteiger partial charge on any atom is 0.0814 e. The molecule has 0 aliphatic heterocycles. The first-order valence-corrected chi connectivity index (χ1v) is 5.14. The highest BCUT2D eigenvalue weighted by molar-refractivity contribution is 5.29. The SMILES string of the molecule is C[C@]1(c2ccccc2)CCC=C[C@H]1O. The molecule has 1 aromatic carbocycles. The Labute approximate surface area is 85.1 Å². The molecule has 0 saturated heterocycles. The Hall–Kier alpha value is -1.08. The van der Waals surface area contributed by atoms with Crippen LogP contribution in [0.25, 0.3) is 0 Å². The second-order valence-corrected chi connectivity index (χ2v) is 4.20. The molecule has 1 nitrogen and oxygen atoms in total. The molecule has 1 aromatic rings. The zero-order valence-electron chi connectivity index (χ0n) is 8.48. The second-order valence-electron chi connectivity index (χ2n) is 4.20. The van der Waals surface area contributed by atoms with Gasteiger partial charge in [0.2, 0.25) is 0 Å². The molecule has 0 heterocycles. The normalized spacial score (nSPS) is 31.7. The van der Waals surface area contributed by atoms with E-state index >= 15 is 0 Å². The highest BCUT2D eigenvalue weighted by Gasteiger charge is 2.34. The summed E-state index contributed by atoms with van der Waals surface area (Å²) in [5.74, 6) is 0. The average molecular weight is 188 g/mol. The van der Waals surface area contributed by atoms with E-state index in [9.17, 15) is 5.11 Å². The molecule has 0 radical (unpaired) electrons. The third-order valence-corrected chi connectivity index (χ3v) is 3.23. The Balaban J connectivity index is 2.37. The van der Waals surface area contributed by atoms with Crippen molar-refractivity contribution in [1.29, 1.82) is 0 Å². The molecule has 2 atom stereocenters. The van der Waals surface area contributed by atoms with Gasteiger partial charge in [0.05, 0.1) is 6.10 Å². The maximum atomic E-state index is 9.99. The van der Waals surface area contributed by atoms with Gasteiger partial charge in [-0.25, -0.2) is 0 Å². The standard InChI is InChI=1S/C13H16O/c1-13(10-6-5-9-12(13)14)11-7-3-2-4-8-11/h2-5,7-9,12,14H,6,10H2,1H3/t12-,13-/m1/s1. The zero-order valence-corrected chi connectivity index (χ0v) is 8.48. The van der Waals surface area contributed by atoms with E-state index in [0.29, 0.717) is 0 Å². The highest BCUT2D eigenvalue weighted by Crippen LogP contribution is 2.35. The molecular weight excluding hydrogens is 172 g/mol. The van der Waals surface area contributed by atoms with Gasteiger partial charge in [0.1, 0.15) is 0 Å². The number of benzene rings is 1. The lowest BCUT2D eigenvalue weighted by Gasteiger charge is -2.36. The second kappa shape index (κ2) is 3.58. The summed E-state index contributed by atoms with van der Waals surface area (Å²) in [4.78, 5) is 0. The molecule has 1 aliphatic carbocycles. The van der Waals surface area contributed by atoms with Crippen molar-refractivity contribution in [2.24, 2.45) is 0 Å². The predicted molar refractivity (Wildman–Crippen MR) is 58.2 cm³/mol. The van der Waals surface area contributed by atoms with Gasteiger partial charge in [-0.15, -0.1) is 0 Å². The van der Waals surface area contributed by atoms with E-state index in [1.165, 1.54) is 5.56 Å². The van der Waals surface area contributed by atoms with Gasteiger partial charge in [-0.2, -0.15) is 0 Å². The van der Waals surface area contributed by atoms with Crippen LogP contribution in [0.15, 0.2) is 42.5 Å². The molecule has 1 heteroatoms. The van der Waals surface area contributed by atoms with Crippen LogP contribution in [-0.4, -0.2) is 11.2 Å². The number of aliphatic hydroxyl groups excluding tert-OH is 1. The maximum absolute atomic E-state index is 9.99. The lowest BCUT2D eigenvalue weighted by molar-refractivity contribution is 0.120. The molecule has 14 heavy (non-hydrogen) atoms. The van der Waals surface area contributed by atoms with Crippen LogP contribution in [0.3, 0.4) is 0 Å². The fraction of sp³-hybridized carbons (Fsp3) is 0.385. The third kappa shape index (κ3) is 1.48. The number of rotatable bonds is 1. The topological polar surface area (TPSA) is 20.2 Å². The summed E-state index contributed by atoms with van der Waals surface area (Å²) in [6, 6.07) is 10.3. The number of aliphatic hydroxyl groups is 1. The number of hydrogen-bond acceptors (Lipinski definition) is 1. The van der Waals surface area contributed by atoms with Crippen molar-refractivity contribution < 1.29 is 5.11 Å². The third-order valence-electron chi connectivity index (χ3n) is 3.23. The Bertz CT molecular complexity index is 328. The van der Waals surface area contributed by atoms with E-state index < -0.39 is 0 Å². The molecular formula is C13H16O. The molecule has 0 spiro atoms. The molecule has 74 valence electrons. The molecule has 0 unspecified atom stereocenters. The summed E-state index contributed by atoms with van der Waals surface area (Å²) in [6.07, 6.45) is 5.71. The molecule has 0 saturated carbocycles. The quantitative estimate of drug-likeness (QED) is 0.672. The van der Waals surface area contributed by atoms with E-state index in [4.69, 9.17) is 0 Å². The van der Waals surface area contributed by atoms with Crippen LogP contribution in [0.1, 0.15) is 25.3 Å². The van der Waals surface area contributed by atoms with Crippen LogP contribution in [0.2, 0.25) is 0 Å². The summed E-state index contributed by atoms with van der Waals surface area (Å²) < 4.78 is 0. The van der Waals surface area contributed by atoms with Crippen molar-refractivity contribution in [2.75, 3.05) is 0 Å². The van der Waals surface area contributed by atoms with E-state index in [2.05, 4.69) is 25.1 Å². The zero-order chi connectivity index (χ0) is 10.0. The fourth-order valence-electron chi connectivity index (χ4n) is 2.10. The lowest BCUT2D eigenvalue weighted by Crippen LogP contribution is -2.37. The summed E-state index contributed by atoms with van der Waals surface area (Å²) >= 11 is 0. The van der Waals surface area contributed by atoms with Crippen molar-refractivity contribution in [3.05, 3.63) is 48.0 Å². The number of hydrogen-bond donors (Lipinski definition) is 1. The van der Waals surface area contributed by atoms with Crippen molar-refractivity contribution in [3.63, 3.8) is 0 Å². The Morgan fingerprint density at radius 3 is 2.64 bits per heavy atom. The molecule has 0 aromatic heterocycles. The van der Waals surface area contributed by atoms with Gasteiger partial charge in [-0.05, 0) is 18.4 Å². The van der Waals surface area contributed by atoms with Crippen molar-refractivity contribution >= 4 is 0 Å². The molecule has 0 fully saturated rings. The molecule has 0 bridgehead atoms. The fourth-order valence-corrected chi connectivity index (χ4v) is 2.10. The first-order chi connectivity index (χ1) is 6.73. The first-order valence-electron chi connectivity index (χ1n) is 5.14. The van der Waals surface area contributed by atoms with Gasteiger partial charge >= 0.3 is 0 Å². The van der Waals surface area contributed by atoms with Crippen LogP contribution in [0, 0.1) is 0 Å². The summed E-state index contributed by atoms with van der Waals surface area (Å²) in [5, 5.41) is 9.99. The van der Waals surface area contributed by atoms with E-state index in [1.807, 2.05) is 24.3 Å². The minimum atomic E-state index is -0.348. The van der Waals surface area contributed by atoms with Gasteiger partial charge < -0.3 is 5.11 Å². The summed E-state index contributed by atoms with van der Waals surface area (Å²) in [5.41, 5.74) is 1.13. The van der Waals surface area contributed by atoms with Crippen molar-refractivity contribution in [2.45, 2.75) is 31.3 Å². The van der Waals surface area contributed by atoms with Gasteiger partial charge in [0, 0.05) is 5.41 Å². The molecule has 2 rings (SSSR count). The Morgan fingerprint density at radius 2 is 2.00 bits per heavy atom. The van der Waals surface area contributed by atoms with Gasteiger partial charge in [0.15, 0.2) is 0 Å². The first kappa shape index (κ1) is 9.47. The van der Waals surface area contributed by atoms with Crippen molar-refractivity contribution in [1.82, 2.24) is 0 Å². The van der Waals surface area contributed by atoms with Crippen LogP contribution in [0.4, 0.5) is 0 Å². The molecule has 1 N–H and O–H groups in total. The summed E-state index contributed by atoms with van der Waals surface area (Å²) in [6.45, 7) is 2.14. The Morgan fingerprint density at radius 1 is 1.29 bits per heavy atom. The van der Waals surface area contributed by atoms with E-state index in [1.54, 1.807) is 0 Å². The average Bonchev–Trinajstić information content (AvgIpc) is 2.24. The van der Waals surface area contributed by atoms with E-state index in [0.717, 1.165) is 12.8 Å². The van der Waals surface area contributed by atoms with Crippen LogP contribution < -0.4 is 0 Å². The van der Waals surface area contributed by atoms with Crippen LogP contribution >= 0.6 is 0 Å². The van der Waals surface area contributed by atoms with Crippen LogP contribution in [-0.2, 0) is 5.41 Å². The Kier molecular flexibility index (Phi) is 2.42. The highest BCUT2D eigenvalue weighted by atomic mass is 16.3. The lowest BCUT2D eigenvalue weighted by atomic mass is 9.71. The molecule has 1 aliphatic rings. The minimum Gasteiger partial charge on any atom is -0.388 e. The monoisotopic (exact) mass is 188 g/mol. The van der Waals surface area contributed by atoms with E-state index in [-0.39, 0.29) is 11.5 Å².